The van der Waals surface area contributed by atoms with Gasteiger partial charge in [-0.1, -0.05) is 12.1 Å². The average Bonchev–Trinajstić information content (AvgIpc) is 3.06. The largest absolute Gasteiger partial charge is 0.390 e. The molecule has 1 heterocycles. The molecule has 0 unspecified atom stereocenters. The van der Waals surface area contributed by atoms with Crippen LogP contribution in [0.5, 0.6) is 0 Å². The molecular weight excluding hydrogens is 370 g/mol. The summed E-state index contributed by atoms with van der Waals surface area (Å²) in [6.07, 6.45) is -1.61. The molecule has 0 spiro atoms. The molecule has 3 atom stereocenters. The van der Waals surface area contributed by atoms with E-state index in [1.165, 1.54) is 12.1 Å². The van der Waals surface area contributed by atoms with Crippen molar-refractivity contribution in [1.82, 2.24) is 10.0 Å². The first-order valence-electron chi connectivity index (χ1n) is 7.40. The summed E-state index contributed by atoms with van der Waals surface area (Å²) in [4.78, 5) is 22.8. The monoisotopic (exact) mass is 389 g/mol. The number of amides is 2. The first kappa shape index (κ1) is 19.5. The van der Waals surface area contributed by atoms with E-state index in [0.717, 1.165) is 11.3 Å². The zero-order valence-electron chi connectivity index (χ0n) is 13.1. The lowest BCUT2D eigenvalue weighted by molar-refractivity contribution is -0.119. The van der Waals surface area contributed by atoms with Gasteiger partial charge in [-0.2, -0.15) is 0 Å². The molecule has 6 N–H and O–H groups in total. The van der Waals surface area contributed by atoms with Crippen molar-refractivity contribution < 1.29 is 28.2 Å². The summed E-state index contributed by atoms with van der Waals surface area (Å²) >= 11 is 1.00. The number of carbonyl (C=O) groups is 2. The Hall–Kier alpha value is -1.79. The SMILES string of the molecule is NC(=O)CCNC(=O)C1=C[C@H](NS(=O)(=O)c2cccs2)[C@@H](O)[C@H](O)C1. The van der Waals surface area contributed by atoms with Crippen molar-refractivity contribution in [3.63, 3.8) is 0 Å². The first-order valence-corrected chi connectivity index (χ1v) is 9.76. The number of primary amides is 1. The number of hydrogen-bond acceptors (Lipinski definition) is 7. The maximum atomic E-state index is 12.3. The lowest BCUT2D eigenvalue weighted by Gasteiger charge is -2.30. The van der Waals surface area contributed by atoms with Gasteiger partial charge in [-0.05, 0) is 11.4 Å². The van der Waals surface area contributed by atoms with Crippen LogP contribution >= 0.6 is 11.3 Å². The molecule has 9 nitrogen and oxygen atoms in total. The van der Waals surface area contributed by atoms with Crippen LogP contribution in [0.2, 0.25) is 0 Å². The van der Waals surface area contributed by atoms with Gasteiger partial charge in [-0.3, -0.25) is 9.59 Å². The van der Waals surface area contributed by atoms with E-state index in [-0.39, 0.29) is 29.2 Å². The Morgan fingerprint density at radius 1 is 1.36 bits per heavy atom. The summed E-state index contributed by atoms with van der Waals surface area (Å²) in [5, 5.41) is 24.0. The van der Waals surface area contributed by atoms with Crippen LogP contribution in [0.15, 0.2) is 33.4 Å². The quantitative estimate of drug-likeness (QED) is 0.379. The Labute approximate surface area is 148 Å². The second-order valence-electron chi connectivity index (χ2n) is 5.51. The van der Waals surface area contributed by atoms with Gasteiger partial charge in [0.25, 0.3) is 10.0 Å². The lowest BCUT2D eigenvalue weighted by Crippen LogP contribution is -2.50. The second kappa shape index (κ2) is 8.06. The van der Waals surface area contributed by atoms with Crippen LogP contribution in [0.25, 0.3) is 0 Å². The molecule has 0 saturated carbocycles. The molecule has 0 aromatic carbocycles. The van der Waals surface area contributed by atoms with Gasteiger partial charge in [-0.25, -0.2) is 13.1 Å². The number of aliphatic hydroxyl groups excluding tert-OH is 2. The second-order valence-corrected chi connectivity index (χ2v) is 8.39. The van der Waals surface area contributed by atoms with E-state index >= 15 is 0 Å². The average molecular weight is 389 g/mol. The van der Waals surface area contributed by atoms with Crippen molar-refractivity contribution >= 4 is 33.2 Å². The van der Waals surface area contributed by atoms with Crippen molar-refractivity contribution in [3.05, 3.63) is 29.2 Å². The zero-order chi connectivity index (χ0) is 18.6. The standard InChI is InChI=1S/C14H19N3O6S2/c15-11(19)3-4-16-14(21)8-6-9(13(20)10(18)7-8)17-25(22,23)12-2-1-5-24-12/h1-2,5-6,9-10,13,17-18,20H,3-4,7H2,(H2,15,19)(H,16,21)/t9-,10+,13+/m0/s1. The number of sulfonamides is 1. The van der Waals surface area contributed by atoms with Gasteiger partial charge in [-0.15, -0.1) is 11.3 Å². The fraction of sp³-hybridized carbons (Fsp3) is 0.429. The highest BCUT2D eigenvalue weighted by molar-refractivity contribution is 7.91. The molecule has 2 rings (SSSR count). The number of nitrogens with two attached hydrogens (primary N) is 1. The Bertz CT molecular complexity index is 760. The van der Waals surface area contributed by atoms with E-state index in [1.54, 1.807) is 11.4 Å². The van der Waals surface area contributed by atoms with Gasteiger partial charge in [0.2, 0.25) is 11.8 Å². The number of thiophene rings is 1. The molecule has 1 aliphatic carbocycles. The maximum Gasteiger partial charge on any atom is 0.250 e. The highest BCUT2D eigenvalue weighted by atomic mass is 32.2. The third-order valence-corrected chi connectivity index (χ3v) is 6.43. The smallest absolute Gasteiger partial charge is 0.250 e. The maximum absolute atomic E-state index is 12.3. The summed E-state index contributed by atoms with van der Waals surface area (Å²) in [6.45, 7) is 0.0236. The zero-order valence-corrected chi connectivity index (χ0v) is 14.7. The summed E-state index contributed by atoms with van der Waals surface area (Å²) < 4.78 is 26.9. The molecule has 0 saturated heterocycles. The van der Waals surface area contributed by atoms with E-state index in [4.69, 9.17) is 5.73 Å². The summed E-state index contributed by atoms with van der Waals surface area (Å²) in [6, 6.07) is 1.81. The van der Waals surface area contributed by atoms with Gasteiger partial charge in [0.1, 0.15) is 10.3 Å². The number of hydrogen-bond donors (Lipinski definition) is 5. The molecule has 1 aromatic heterocycles. The van der Waals surface area contributed by atoms with Gasteiger partial charge >= 0.3 is 0 Å². The van der Waals surface area contributed by atoms with Crippen molar-refractivity contribution in [1.29, 1.82) is 0 Å². The molecule has 0 bridgehead atoms. The van der Waals surface area contributed by atoms with Crippen molar-refractivity contribution in [2.45, 2.75) is 35.3 Å². The predicted molar refractivity (Wildman–Crippen MR) is 90.0 cm³/mol. The molecule has 11 heteroatoms. The number of nitrogens with one attached hydrogen (secondary N) is 2. The highest BCUT2D eigenvalue weighted by Gasteiger charge is 2.35. The number of rotatable bonds is 7. The fourth-order valence-electron chi connectivity index (χ4n) is 2.31. The minimum Gasteiger partial charge on any atom is -0.390 e. The van der Waals surface area contributed by atoms with E-state index in [2.05, 4.69) is 10.0 Å². The molecule has 0 radical (unpaired) electrons. The van der Waals surface area contributed by atoms with Crippen LogP contribution in [0.4, 0.5) is 0 Å². The lowest BCUT2D eigenvalue weighted by atomic mass is 9.90. The normalized spacial score (nSPS) is 23.8. The van der Waals surface area contributed by atoms with Crippen LogP contribution in [0.3, 0.4) is 0 Å². The third kappa shape index (κ3) is 5.09. The highest BCUT2D eigenvalue weighted by Crippen LogP contribution is 2.23. The van der Waals surface area contributed by atoms with Crippen molar-refractivity contribution in [3.8, 4) is 0 Å². The van der Waals surface area contributed by atoms with E-state index in [9.17, 15) is 28.2 Å². The molecule has 1 aromatic rings. The number of carbonyl (C=O) groups excluding carboxylic acids is 2. The molecular formula is C14H19N3O6S2. The predicted octanol–water partition coefficient (Wildman–Crippen LogP) is -1.56. The summed E-state index contributed by atoms with van der Waals surface area (Å²) in [7, 11) is -3.89. The van der Waals surface area contributed by atoms with Crippen LogP contribution in [-0.2, 0) is 19.6 Å². The Kier molecular flexibility index (Phi) is 6.30. The van der Waals surface area contributed by atoms with Gasteiger partial charge in [0, 0.05) is 25.0 Å². The molecule has 25 heavy (non-hydrogen) atoms. The summed E-state index contributed by atoms with van der Waals surface area (Å²) in [5.41, 5.74) is 5.09. The fourth-order valence-corrected chi connectivity index (χ4v) is 4.51. The summed E-state index contributed by atoms with van der Waals surface area (Å²) in [5.74, 6) is -1.14. The van der Waals surface area contributed by atoms with Crippen LogP contribution in [-0.4, -0.2) is 55.2 Å². The van der Waals surface area contributed by atoms with Gasteiger partial charge < -0.3 is 21.3 Å². The van der Waals surface area contributed by atoms with E-state index in [1.807, 2.05) is 0 Å². The van der Waals surface area contributed by atoms with Crippen molar-refractivity contribution in [2.24, 2.45) is 5.73 Å². The molecule has 138 valence electrons. The van der Waals surface area contributed by atoms with Crippen LogP contribution in [0.1, 0.15) is 12.8 Å². The number of aliphatic hydroxyl groups is 2. The first-order chi connectivity index (χ1) is 11.7. The molecule has 0 aliphatic heterocycles. The van der Waals surface area contributed by atoms with E-state index in [0.29, 0.717) is 0 Å². The van der Waals surface area contributed by atoms with Gasteiger partial charge in [0.05, 0.1) is 12.1 Å². The molecule has 0 fully saturated rings. The molecule has 1 aliphatic rings. The van der Waals surface area contributed by atoms with Crippen LogP contribution in [0, 0.1) is 0 Å². The minimum absolute atomic E-state index is 0.0236. The Balaban J connectivity index is 2.13. The third-order valence-electron chi connectivity index (χ3n) is 3.57. The Morgan fingerprint density at radius 2 is 2.08 bits per heavy atom. The van der Waals surface area contributed by atoms with Crippen LogP contribution < -0.4 is 15.8 Å². The topological polar surface area (TPSA) is 159 Å². The van der Waals surface area contributed by atoms with Gasteiger partial charge in [0.15, 0.2) is 0 Å². The van der Waals surface area contributed by atoms with Crippen molar-refractivity contribution in [2.75, 3.05) is 6.54 Å². The minimum atomic E-state index is -3.89. The molecule has 2 amide bonds. The van der Waals surface area contributed by atoms with E-state index < -0.39 is 40.1 Å². The Morgan fingerprint density at radius 3 is 2.68 bits per heavy atom.